The molecule has 2 radical (unpaired) electrons. The normalized spacial score (nSPS) is 21.8. The number of likely N-dealkylation sites (tertiary alicyclic amines) is 1. The Hall–Kier alpha value is -1.19. The highest BCUT2D eigenvalue weighted by atomic mass is 16.2. The van der Waals surface area contributed by atoms with Crippen LogP contribution >= 0.6 is 0 Å². The molecule has 2 aliphatic rings. The van der Waals surface area contributed by atoms with Crippen LogP contribution in [0, 0.1) is 6.67 Å². The van der Waals surface area contributed by atoms with Crippen LogP contribution in [0.1, 0.15) is 12.8 Å². The number of hydrogen-bond donors (Lipinski definition) is 0. The highest BCUT2D eigenvalue weighted by Crippen LogP contribution is 2.15. The molecule has 2 amide bonds. The van der Waals surface area contributed by atoms with Crippen LogP contribution in [0.15, 0.2) is 12.4 Å². The molecule has 1 fully saturated rings. The van der Waals surface area contributed by atoms with Crippen molar-refractivity contribution in [1.29, 1.82) is 0 Å². The number of carbonyl (C=O) groups excluding carboxylic acids is 1. The third-order valence-corrected chi connectivity index (χ3v) is 2.29. The van der Waals surface area contributed by atoms with Crippen LogP contribution in [0.2, 0.25) is 0 Å². The lowest BCUT2D eigenvalue weighted by Gasteiger charge is -2.21. The van der Waals surface area contributed by atoms with E-state index in [1.807, 2.05) is 18.1 Å². The zero-order valence-electron chi connectivity index (χ0n) is 7.73. The third kappa shape index (κ3) is 1.61. The van der Waals surface area contributed by atoms with E-state index in [-0.39, 0.29) is 6.03 Å². The van der Waals surface area contributed by atoms with E-state index in [0.717, 1.165) is 25.9 Å². The minimum Gasteiger partial charge on any atom is -0.349 e. The van der Waals surface area contributed by atoms with Crippen molar-refractivity contribution < 1.29 is 4.79 Å². The number of carbonyl (C=O) groups is 1. The van der Waals surface area contributed by atoms with Crippen molar-refractivity contribution in [1.82, 2.24) is 14.7 Å². The summed E-state index contributed by atoms with van der Waals surface area (Å²) in [6.07, 6.45) is 5.80. The lowest BCUT2D eigenvalue weighted by molar-refractivity contribution is 0.184. The maximum atomic E-state index is 11.7. The van der Waals surface area contributed by atoms with Crippen LogP contribution in [0.5, 0.6) is 0 Å². The Kier molecular flexibility index (Phi) is 2.12. The molecule has 0 bridgehead atoms. The van der Waals surface area contributed by atoms with Gasteiger partial charge in [-0.05, 0) is 12.8 Å². The zero-order valence-corrected chi connectivity index (χ0v) is 7.73. The van der Waals surface area contributed by atoms with E-state index in [0.29, 0.717) is 0 Å². The summed E-state index contributed by atoms with van der Waals surface area (Å²) in [6.45, 7) is 4.66. The van der Waals surface area contributed by atoms with E-state index in [1.165, 1.54) is 4.90 Å². The maximum Gasteiger partial charge on any atom is 0.326 e. The molecule has 0 aromatic rings. The van der Waals surface area contributed by atoms with Gasteiger partial charge >= 0.3 is 6.03 Å². The topological polar surface area (TPSA) is 26.8 Å². The van der Waals surface area contributed by atoms with Gasteiger partial charge in [-0.3, -0.25) is 4.90 Å². The second-order valence-corrected chi connectivity index (χ2v) is 3.36. The lowest BCUT2D eigenvalue weighted by atomic mass is 10.4. The zero-order chi connectivity index (χ0) is 9.26. The molecule has 4 heteroatoms. The standard InChI is InChI=1S/C9H13N3O/c1-10-6-7-12(8-10)9(13)11-4-2-3-5-11/h6-7H,2-5H2,1H3. The molecule has 13 heavy (non-hydrogen) atoms. The lowest BCUT2D eigenvalue weighted by Crippen LogP contribution is -2.37. The second-order valence-electron chi connectivity index (χ2n) is 3.36. The van der Waals surface area contributed by atoms with Gasteiger partial charge in [0, 0.05) is 32.5 Å². The van der Waals surface area contributed by atoms with E-state index in [9.17, 15) is 4.79 Å². The predicted molar refractivity (Wildman–Crippen MR) is 48.2 cm³/mol. The average molecular weight is 179 g/mol. The van der Waals surface area contributed by atoms with Crippen LogP contribution in [0.25, 0.3) is 0 Å². The van der Waals surface area contributed by atoms with E-state index in [2.05, 4.69) is 6.67 Å². The largest absolute Gasteiger partial charge is 0.349 e. The number of urea groups is 1. The van der Waals surface area contributed by atoms with Crippen molar-refractivity contribution >= 4 is 6.03 Å². The first-order chi connectivity index (χ1) is 6.27. The molecule has 0 atom stereocenters. The van der Waals surface area contributed by atoms with Crippen LogP contribution in [0.4, 0.5) is 4.79 Å². The van der Waals surface area contributed by atoms with Crippen LogP contribution in [-0.2, 0) is 0 Å². The molecule has 0 spiro atoms. The fourth-order valence-corrected chi connectivity index (χ4v) is 1.57. The summed E-state index contributed by atoms with van der Waals surface area (Å²) in [5.41, 5.74) is 0. The first-order valence-electron chi connectivity index (χ1n) is 4.53. The van der Waals surface area contributed by atoms with Crippen molar-refractivity contribution in [2.24, 2.45) is 0 Å². The van der Waals surface area contributed by atoms with Crippen molar-refractivity contribution in [2.45, 2.75) is 12.8 Å². The van der Waals surface area contributed by atoms with Gasteiger partial charge < -0.3 is 9.80 Å². The SMILES string of the molecule is CN1[C]N(C(=O)N2CCCC2)C=C1. The fourth-order valence-electron chi connectivity index (χ4n) is 1.57. The van der Waals surface area contributed by atoms with Crippen LogP contribution in [-0.4, -0.2) is 40.9 Å². The van der Waals surface area contributed by atoms with Gasteiger partial charge in [-0.2, -0.15) is 0 Å². The highest BCUT2D eigenvalue weighted by Gasteiger charge is 2.25. The average Bonchev–Trinajstić information content (AvgIpc) is 2.72. The smallest absolute Gasteiger partial charge is 0.326 e. The Morgan fingerprint density at radius 1 is 1.31 bits per heavy atom. The molecule has 2 rings (SSSR count). The van der Waals surface area contributed by atoms with Gasteiger partial charge in [-0.15, -0.1) is 0 Å². The third-order valence-electron chi connectivity index (χ3n) is 2.29. The maximum absolute atomic E-state index is 11.7. The fraction of sp³-hybridized carbons (Fsp3) is 0.556. The van der Waals surface area contributed by atoms with Gasteiger partial charge in [0.05, 0.1) is 0 Å². The van der Waals surface area contributed by atoms with E-state index in [4.69, 9.17) is 0 Å². The number of hydrogen-bond acceptors (Lipinski definition) is 2. The van der Waals surface area contributed by atoms with Gasteiger partial charge in [0.25, 0.3) is 0 Å². The van der Waals surface area contributed by atoms with E-state index in [1.54, 1.807) is 11.1 Å². The van der Waals surface area contributed by atoms with Crippen molar-refractivity contribution in [3.63, 3.8) is 0 Å². The van der Waals surface area contributed by atoms with Gasteiger partial charge in [0.15, 0.2) is 0 Å². The minimum absolute atomic E-state index is 0.0399. The second kappa shape index (κ2) is 3.28. The molecule has 0 aliphatic carbocycles. The predicted octanol–water partition coefficient (Wildman–Crippen LogP) is 0.917. The summed E-state index contributed by atoms with van der Waals surface area (Å²) >= 11 is 0. The Labute approximate surface area is 78.4 Å². The van der Waals surface area contributed by atoms with Crippen LogP contribution in [0.3, 0.4) is 0 Å². The van der Waals surface area contributed by atoms with E-state index >= 15 is 0 Å². The summed E-state index contributed by atoms with van der Waals surface area (Å²) in [6, 6.07) is 0.0399. The summed E-state index contributed by atoms with van der Waals surface area (Å²) in [4.78, 5) is 16.8. The molecule has 0 aromatic heterocycles. The Bertz CT molecular complexity index is 233. The summed E-state index contributed by atoms with van der Waals surface area (Å²) in [5.74, 6) is 0. The molecule has 0 unspecified atom stereocenters. The molecule has 0 aromatic carbocycles. The molecule has 70 valence electrons. The van der Waals surface area contributed by atoms with Gasteiger partial charge in [-0.25, -0.2) is 4.79 Å². The first kappa shape index (κ1) is 8.41. The summed E-state index contributed by atoms with van der Waals surface area (Å²) < 4.78 is 0. The Morgan fingerprint density at radius 2 is 2.00 bits per heavy atom. The monoisotopic (exact) mass is 179 g/mol. The van der Waals surface area contributed by atoms with Crippen molar-refractivity contribution in [3.05, 3.63) is 19.1 Å². The van der Waals surface area contributed by atoms with Crippen molar-refractivity contribution in [3.8, 4) is 0 Å². The summed E-state index contributed by atoms with van der Waals surface area (Å²) in [7, 11) is 1.85. The highest BCUT2D eigenvalue weighted by molar-refractivity contribution is 5.76. The molecule has 4 nitrogen and oxygen atoms in total. The number of nitrogens with zero attached hydrogens (tertiary/aromatic N) is 3. The van der Waals surface area contributed by atoms with E-state index < -0.39 is 0 Å². The molecule has 2 heterocycles. The minimum atomic E-state index is 0.0399. The van der Waals surface area contributed by atoms with Crippen molar-refractivity contribution in [2.75, 3.05) is 20.1 Å². The Balaban J connectivity index is 1.93. The number of rotatable bonds is 0. The first-order valence-corrected chi connectivity index (χ1v) is 4.53. The van der Waals surface area contributed by atoms with Crippen LogP contribution < -0.4 is 0 Å². The summed E-state index contributed by atoms with van der Waals surface area (Å²) in [5, 5.41) is 0. The molecular formula is C9H13N3O. The number of amides is 2. The molecule has 0 saturated carbocycles. The molecule has 2 aliphatic heterocycles. The molecule has 1 saturated heterocycles. The quantitative estimate of drug-likeness (QED) is 0.552. The molecule has 0 N–H and O–H groups in total. The molecular weight excluding hydrogens is 166 g/mol. The van der Waals surface area contributed by atoms with Gasteiger partial charge in [0.1, 0.15) is 0 Å². The van der Waals surface area contributed by atoms with Gasteiger partial charge in [-0.1, -0.05) is 0 Å². The van der Waals surface area contributed by atoms with Gasteiger partial charge in [0.2, 0.25) is 6.67 Å². The Morgan fingerprint density at radius 3 is 2.54 bits per heavy atom.